The third-order valence-corrected chi connectivity index (χ3v) is 3.09. The number of nitrogens with one attached hydrogen (secondary N) is 1. The monoisotopic (exact) mass is 219 g/mol. The lowest BCUT2D eigenvalue weighted by Crippen LogP contribution is -2.37. The van der Waals surface area contributed by atoms with Crippen LogP contribution in [0.3, 0.4) is 0 Å². The van der Waals surface area contributed by atoms with E-state index in [0.717, 1.165) is 12.1 Å². The molecule has 1 aromatic heterocycles. The molecule has 0 aromatic carbocycles. The second-order valence-corrected chi connectivity index (χ2v) is 5.42. The molecule has 1 unspecified atom stereocenters. The number of nitrogens with zero attached hydrogens (tertiary/aromatic N) is 2. The molecule has 0 bridgehead atoms. The van der Waals surface area contributed by atoms with Crippen LogP contribution in [0, 0.1) is 16.7 Å². The van der Waals surface area contributed by atoms with Crippen molar-refractivity contribution in [3.63, 3.8) is 0 Å². The molecule has 0 fully saturated rings. The van der Waals surface area contributed by atoms with E-state index in [4.69, 9.17) is 5.26 Å². The van der Waals surface area contributed by atoms with Crippen molar-refractivity contribution in [3.05, 3.63) is 23.5 Å². The average molecular weight is 219 g/mol. The average Bonchev–Trinajstić information content (AvgIpc) is 2.54. The third kappa shape index (κ3) is 3.11. The highest BCUT2D eigenvalue weighted by Crippen LogP contribution is 2.19. The van der Waals surface area contributed by atoms with Crippen molar-refractivity contribution in [2.75, 3.05) is 0 Å². The maximum Gasteiger partial charge on any atom is 0.120 e. The van der Waals surface area contributed by atoms with Gasteiger partial charge in [-0.2, -0.15) is 5.26 Å². The number of hydrogen-bond acceptors (Lipinski definition) is 2. The van der Waals surface area contributed by atoms with Gasteiger partial charge in [0.2, 0.25) is 0 Å². The zero-order chi connectivity index (χ0) is 12.3. The lowest BCUT2D eigenvalue weighted by atomic mass is 9.88. The topological polar surface area (TPSA) is 40.8 Å². The lowest BCUT2D eigenvalue weighted by molar-refractivity contribution is 0.285. The highest BCUT2D eigenvalue weighted by Gasteiger charge is 2.19. The van der Waals surface area contributed by atoms with Crippen molar-refractivity contribution in [1.29, 1.82) is 5.26 Å². The molecule has 3 nitrogen and oxygen atoms in total. The van der Waals surface area contributed by atoms with E-state index >= 15 is 0 Å². The van der Waals surface area contributed by atoms with Gasteiger partial charge in [-0.1, -0.05) is 20.8 Å². The molecular weight excluding hydrogens is 198 g/mol. The fraction of sp³-hybridized carbons (Fsp3) is 0.615. The summed E-state index contributed by atoms with van der Waals surface area (Å²) in [6.45, 7) is 9.66. The molecule has 0 saturated carbocycles. The molecule has 0 amide bonds. The highest BCUT2D eigenvalue weighted by molar-refractivity contribution is 5.28. The fourth-order valence-electron chi connectivity index (χ4n) is 1.42. The Bertz CT molecular complexity index is 390. The van der Waals surface area contributed by atoms with Crippen LogP contribution in [0.1, 0.15) is 39.0 Å². The molecule has 88 valence electrons. The van der Waals surface area contributed by atoms with Gasteiger partial charge in [-0.05, 0) is 24.0 Å². The lowest BCUT2D eigenvalue weighted by Gasteiger charge is -2.28. The molecule has 1 rings (SSSR count). The highest BCUT2D eigenvalue weighted by atomic mass is 15.0. The van der Waals surface area contributed by atoms with Crippen molar-refractivity contribution in [1.82, 2.24) is 9.88 Å². The van der Waals surface area contributed by atoms with E-state index < -0.39 is 0 Å². The van der Waals surface area contributed by atoms with E-state index in [2.05, 4.69) is 39.1 Å². The molecule has 1 N–H and O–H groups in total. The Balaban J connectivity index is 2.59. The van der Waals surface area contributed by atoms with Gasteiger partial charge in [0.1, 0.15) is 11.8 Å². The van der Waals surface area contributed by atoms with Crippen LogP contribution < -0.4 is 5.32 Å². The zero-order valence-corrected chi connectivity index (χ0v) is 10.8. The van der Waals surface area contributed by atoms with Crippen LogP contribution in [0.15, 0.2) is 12.3 Å². The standard InChI is InChI=1S/C13H21N3/c1-10(13(2,3)4)15-8-11-6-12(7-14)16(5)9-11/h6,9-10,15H,8H2,1-5H3. The molecule has 1 heterocycles. The fourth-order valence-corrected chi connectivity index (χ4v) is 1.42. The van der Waals surface area contributed by atoms with Gasteiger partial charge in [0.25, 0.3) is 0 Å². The van der Waals surface area contributed by atoms with Crippen molar-refractivity contribution in [2.24, 2.45) is 12.5 Å². The number of nitriles is 1. The van der Waals surface area contributed by atoms with Gasteiger partial charge in [-0.3, -0.25) is 0 Å². The van der Waals surface area contributed by atoms with Gasteiger partial charge in [-0.25, -0.2) is 0 Å². The summed E-state index contributed by atoms with van der Waals surface area (Å²) < 4.78 is 1.86. The molecule has 3 heteroatoms. The van der Waals surface area contributed by atoms with Gasteiger partial charge in [0, 0.05) is 25.8 Å². The van der Waals surface area contributed by atoms with Gasteiger partial charge in [0.05, 0.1) is 0 Å². The smallest absolute Gasteiger partial charge is 0.120 e. The van der Waals surface area contributed by atoms with E-state index in [0.29, 0.717) is 11.7 Å². The van der Waals surface area contributed by atoms with E-state index in [1.807, 2.05) is 23.9 Å². The first kappa shape index (κ1) is 12.8. The van der Waals surface area contributed by atoms with E-state index in [9.17, 15) is 0 Å². The van der Waals surface area contributed by atoms with Crippen LogP contribution in [-0.4, -0.2) is 10.6 Å². The third-order valence-electron chi connectivity index (χ3n) is 3.09. The van der Waals surface area contributed by atoms with Crippen LogP contribution in [0.4, 0.5) is 0 Å². The Morgan fingerprint density at radius 2 is 2.12 bits per heavy atom. The summed E-state index contributed by atoms with van der Waals surface area (Å²) in [4.78, 5) is 0. The Morgan fingerprint density at radius 3 is 2.56 bits per heavy atom. The normalized spacial score (nSPS) is 13.5. The molecule has 16 heavy (non-hydrogen) atoms. The Kier molecular flexibility index (Phi) is 3.77. The quantitative estimate of drug-likeness (QED) is 0.848. The molecule has 0 aliphatic carbocycles. The first-order valence-corrected chi connectivity index (χ1v) is 5.63. The maximum atomic E-state index is 8.85. The number of aryl methyl sites for hydroxylation is 1. The minimum Gasteiger partial charge on any atom is -0.342 e. The number of hydrogen-bond donors (Lipinski definition) is 1. The second kappa shape index (κ2) is 4.71. The number of aromatic nitrogens is 1. The Hall–Kier alpha value is -1.27. The first-order valence-electron chi connectivity index (χ1n) is 5.63. The minimum atomic E-state index is 0.257. The molecule has 1 atom stereocenters. The molecule has 0 saturated heterocycles. The molecular formula is C13H21N3. The largest absolute Gasteiger partial charge is 0.342 e. The first-order chi connectivity index (χ1) is 7.34. The predicted molar refractivity (Wildman–Crippen MR) is 65.9 cm³/mol. The van der Waals surface area contributed by atoms with Gasteiger partial charge < -0.3 is 9.88 Å². The summed E-state index contributed by atoms with van der Waals surface area (Å²) in [7, 11) is 1.90. The van der Waals surface area contributed by atoms with Crippen molar-refractivity contribution in [3.8, 4) is 6.07 Å². The van der Waals surface area contributed by atoms with Gasteiger partial charge in [-0.15, -0.1) is 0 Å². The minimum absolute atomic E-state index is 0.257. The van der Waals surface area contributed by atoms with Crippen LogP contribution >= 0.6 is 0 Å². The van der Waals surface area contributed by atoms with Gasteiger partial charge >= 0.3 is 0 Å². The second-order valence-electron chi connectivity index (χ2n) is 5.42. The maximum absolute atomic E-state index is 8.85. The van der Waals surface area contributed by atoms with E-state index in [1.54, 1.807) is 0 Å². The Morgan fingerprint density at radius 1 is 1.50 bits per heavy atom. The van der Waals surface area contributed by atoms with E-state index in [-0.39, 0.29) is 5.41 Å². The van der Waals surface area contributed by atoms with Crippen molar-refractivity contribution >= 4 is 0 Å². The SMILES string of the molecule is CC(NCc1cc(C#N)n(C)c1)C(C)(C)C. The number of rotatable bonds is 3. The van der Waals surface area contributed by atoms with Crippen LogP contribution in [0.2, 0.25) is 0 Å². The predicted octanol–water partition coefficient (Wildman–Crippen LogP) is 2.42. The van der Waals surface area contributed by atoms with E-state index in [1.165, 1.54) is 0 Å². The van der Waals surface area contributed by atoms with Gasteiger partial charge in [0.15, 0.2) is 0 Å². The summed E-state index contributed by atoms with van der Waals surface area (Å²) in [5, 5.41) is 12.3. The molecule has 0 aliphatic heterocycles. The Labute approximate surface area is 98.1 Å². The summed E-state index contributed by atoms with van der Waals surface area (Å²) in [6.07, 6.45) is 2.00. The summed E-state index contributed by atoms with van der Waals surface area (Å²) in [6, 6.07) is 4.54. The van der Waals surface area contributed by atoms with Crippen LogP contribution in [0.5, 0.6) is 0 Å². The van der Waals surface area contributed by atoms with Crippen molar-refractivity contribution in [2.45, 2.75) is 40.3 Å². The summed E-state index contributed by atoms with van der Waals surface area (Å²) in [5.41, 5.74) is 2.13. The summed E-state index contributed by atoms with van der Waals surface area (Å²) in [5.74, 6) is 0. The van der Waals surface area contributed by atoms with Crippen LogP contribution in [-0.2, 0) is 13.6 Å². The molecule has 0 radical (unpaired) electrons. The molecule has 0 spiro atoms. The van der Waals surface area contributed by atoms with Crippen LogP contribution in [0.25, 0.3) is 0 Å². The summed E-state index contributed by atoms with van der Waals surface area (Å²) >= 11 is 0. The van der Waals surface area contributed by atoms with Crippen molar-refractivity contribution < 1.29 is 0 Å². The zero-order valence-electron chi connectivity index (χ0n) is 10.8. The molecule has 0 aliphatic rings. The molecule has 1 aromatic rings.